The number of aryl methyl sites for hydroxylation is 1. The third-order valence-corrected chi connectivity index (χ3v) is 7.47. The van der Waals surface area contributed by atoms with Crippen LogP contribution in [-0.4, -0.2) is 27.9 Å². The molecule has 13 heteroatoms. The van der Waals surface area contributed by atoms with E-state index in [1.165, 1.54) is 23.0 Å². The van der Waals surface area contributed by atoms with Crippen molar-refractivity contribution >= 4 is 62.1 Å². The first-order valence-electron chi connectivity index (χ1n) is 11.9. The van der Waals surface area contributed by atoms with Crippen LogP contribution in [0.4, 0.5) is 35.2 Å². The zero-order valence-electron chi connectivity index (χ0n) is 21.7. The maximum atomic E-state index is 13.5. The van der Waals surface area contributed by atoms with Gasteiger partial charge < -0.3 is 16.5 Å². The van der Waals surface area contributed by atoms with Crippen LogP contribution in [0.25, 0.3) is 21.3 Å². The Kier molecular flexibility index (Phi) is 8.15. The SMILES string of the molecule is Cc1ccc([NH2+]/C(=C\C(=N)C(C)(C)C(F)(F)F)NC(=O)Nc2ccc(-c3csc4ncnc(N)c34)cc2Cl)cc1. The van der Waals surface area contributed by atoms with Gasteiger partial charge in [-0.05, 0) is 50.6 Å². The van der Waals surface area contributed by atoms with Gasteiger partial charge in [-0.2, -0.15) is 13.2 Å². The van der Waals surface area contributed by atoms with Crippen LogP contribution in [0.3, 0.4) is 0 Å². The number of quaternary nitrogens is 1. The predicted molar refractivity (Wildman–Crippen MR) is 153 cm³/mol. The lowest BCUT2D eigenvalue weighted by Gasteiger charge is -2.27. The van der Waals surface area contributed by atoms with Gasteiger partial charge in [0, 0.05) is 17.0 Å². The number of hydrogen-bond donors (Lipinski definition) is 5. The Morgan fingerprint density at radius 2 is 1.85 bits per heavy atom. The van der Waals surface area contributed by atoms with Gasteiger partial charge >= 0.3 is 12.2 Å². The number of aromatic nitrogens is 2. The number of hydrogen-bond acceptors (Lipinski definition) is 6. The van der Waals surface area contributed by atoms with Crippen LogP contribution in [0.5, 0.6) is 0 Å². The van der Waals surface area contributed by atoms with Gasteiger partial charge in [0.05, 0.1) is 21.8 Å². The van der Waals surface area contributed by atoms with Crippen LogP contribution in [0.2, 0.25) is 5.02 Å². The maximum Gasteiger partial charge on any atom is 0.399 e. The summed E-state index contributed by atoms with van der Waals surface area (Å²) in [6, 6.07) is 11.4. The summed E-state index contributed by atoms with van der Waals surface area (Å²) in [6.07, 6.45) is -2.27. The predicted octanol–water partition coefficient (Wildman–Crippen LogP) is 6.37. The van der Waals surface area contributed by atoms with E-state index >= 15 is 0 Å². The number of rotatable bonds is 7. The molecule has 0 spiro atoms. The zero-order valence-corrected chi connectivity index (χ0v) is 23.2. The van der Waals surface area contributed by atoms with Gasteiger partial charge in [0.15, 0.2) is 0 Å². The average Bonchev–Trinajstić information content (AvgIpc) is 3.31. The summed E-state index contributed by atoms with van der Waals surface area (Å²) in [5, 5.41) is 17.6. The van der Waals surface area contributed by atoms with Crippen molar-refractivity contribution in [3.05, 3.63) is 76.7 Å². The van der Waals surface area contributed by atoms with Crippen LogP contribution in [0.15, 0.2) is 66.1 Å². The maximum absolute atomic E-state index is 13.5. The molecule has 0 unspecified atom stereocenters. The van der Waals surface area contributed by atoms with Gasteiger partial charge in [0.2, 0.25) is 5.82 Å². The quantitative estimate of drug-likeness (QED) is 0.127. The van der Waals surface area contributed by atoms with E-state index in [2.05, 4.69) is 20.6 Å². The number of nitrogens with two attached hydrogens (primary N) is 2. The molecule has 0 bridgehead atoms. The number of urea groups is 1. The normalized spacial score (nSPS) is 12.4. The van der Waals surface area contributed by atoms with Crippen LogP contribution >= 0.6 is 22.9 Å². The Morgan fingerprint density at radius 3 is 2.50 bits per heavy atom. The smallest absolute Gasteiger partial charge is 0.383 e. The van der Waals surface area contributed by atoms with Crippen molar-refractivity contribution in [2.45, 2.75) is 26.9 Å². The Labute approximate surface area is 237 Å². The van der Waals surface area contributed by atoms with Gasteiger partial charge in [0.1, 0.15) is 28.1 Å². The summed E-state index contributed by atoms with van der Waals surface area (Å²) in [5.74, 6) is 0.332. The van der Waals surface area contributed by atoms with E-state index < -0.39 is 23.3 Å². The molecule has 208 valence electrons. The third kappa shape index (κ3) is 6.24. The lowest BCUT2D eigenvalue weighted by atomic mass is 9.86. The van der Waals surface area contributed by atoms with Gasteiger partial charge in [0.25, 0.3) is 0 Å². The molecule has 0 atom stereocenters. The van der Waals surface area contributed by atoms with E-state index in [4.69, 9.17) is 22.7 Å². The highest BCUT2D eigenvalue weighted by Gasteiger charge is 2.50. The standard InChI is InChI=1S/C27H25ClF3N7OS/c1-14-4-7-16(8-5-14)36-21(11-20(32)26(2,3)27(29,30)31)38-25(39)37-19-9-6-15(10-18(19)28)17-12-40-24-22(17)23(33)34-13-35-24/h4-13,32,36H,1-3H3,(H2,33,34,35)(H2,37,38,39)/p+1/b21-11+,32-20?. The second-order valence-electron chi connectivity index (χ2n) is 9.55. The number of nitrogen functional groups attached to an aromatic ring is 1. The highest BCUT2D eigenvalue weighted by atomic mass is 35.5. The molecule has 0 aliphatic heterocycles. The molecule has 2 aromatic heterocycles. The second kappa shape index (κ2) is 11.2. The largest absolute Gasteiger partial charge is 0.399 e. The minimum Gasteiger partial charge on any atom is -0.383 e. The third-order valence-electron chi connectivity index (χ3n) is 6.27. The lowest BCUT2D eigenvalue weighted by Crippen LogP contribution is -2.79. The van der Waals surface area contributed by atoms with Crippen molar-refractivity contribution in [1.82, 2.24) is 15.3 Å². The van der Waals surface area contributed by atoms with E-state index in [9.17, 15) is 18.0 Å². The molecule has 0 aliphatic rings. The van der Waals surface area contributed by atoms with E-state index in [-0.39, 0.29) is 16.5 Å². The van der Waals surface area contributed by atoms with Gasteiger partial charge in [-0.1, -0.05) is 35.4 Å². The number of benzene rings is 2. The molecule has 2 aromatic carbocycles. The van der Waals surface area contributed by atoms with Crippen molar-refractivity contribution in [1.29, 1.82) is 5.41 Å². The van der Waals surface area contributed by atoms with E-state index in [1.54, 1.807) is 30.3 Å². The Balaban J connectivity index is 1.56. The molecule has 2 heterocycles. The van der Waals surface area contributed by atoms with Gasteiger partial charge in [-0.15, -0.1) is 11.3 Å². The number of carbonyl (C=O) groups is 1. The fourth-order valence-electron chi connectivity index (χ4n) is 3.62. The molecule has 40 heavy (non-hydrogen) atoms. The van der Waals surface area contributed by atoms with Crippen molar-refractivity contribution in [3.8, 4) is 11.1 Å². The number of thiophene rings is 1. The topological polar surface area (TPSA) is 133 Å². The summed E-state index contributed by atoms with van der Waals surface area (Å²) in [6.45, 7) is 3.71. The molecule has 0 saturated heterocycles. The van der Waals surface area contributed by atoms with E-state index in [0.29, 0.717) is 16.9 Å². The molecule has 0 saturated carbocycles. The molecular weight excluding hydrogens is 563 g/mol. The van der Waals surface area contributed by atoms with Crippen LogP contribution in [0.1, 0.15) is 19.4 Å². The molecule has 0 aliphatic carbocycles. The first-order chi connectivity index (χ1) is 18.8. The molecule has 8 nitrogen and oxygen atoms in total. The van der Waals surface area contributed by atoms with Gasteiger partial charge in [-0.25, -0.2) is 14.8 Å². The van der Waals surface area contributed by atoms with Crippen LogP contribution in [0, 0.1) is 17.7 Å². The number of anilines is 2. The number of halogens is 4. The number of amides is 2. The number of nitrogens with zero attached hydrogens (tertiary/aromatic N) is 2. The molecule has 2 amide bonds. The van der Waals surface area contributed by atoms with Crippen molar-refractivity contribution in [2.24, 2.45) is 5.41 Å². The van der Waals surface area contributed by atoms with Crippen molar-refractivity contribution < 1.29 is 23.3 Å². The number of carbonyl (C=O) groups excluding carboxylic acids is 1. The average molecular weight is 589 g/mol. The Morgan fingerprint density at radius 1 is 1.15 bits per heavy atom. The van der Waals surface area contributed by atoms with Crippen LogP contribution in [-0.2, 0) is 0 Å². The number of alkyl halides is 3. The fraction of sp³-hybridized carbons (Fsp3) is 0.185. The highest BCUT2D eigenvalue weighted by Crippen LogP contribution is 2.39. The fourth-order valence-corrected chi connectivity index (χ4v) is 4.78. The van der Waals surface area contributed by atoms with Crippen molar-refractivity contribution in [3.63, 3.8) is 0 Å². The minimum atomic E-state index is -4.66. The molecule has 4 aromatic rings. The number of allylic oxidation sites excluding steroid dienone is 1. The van der Waals surface area contributed by atoms with E-state index in [1.807, 2.05) is 24.4 Å². The number of fused-ring (bicyclic) bond motifs is 1. The summed E-state index contributed by atoms with van der Waals surface area (Å²) in [5.41, 5.74) is 6.30. The molecular formula is C27H26ClF3N7OS+. The zero-order chi connectivity index (χ0) is 29.2. The number of nitrogens with one attached hydrogen (secondary N) is 3. The first-order valence-corrected chi connectivity index (χ1v) is 13.2. The summed E-state index contributed by atoms with van der Waals surface area (Å²) in [7, 11) is 0. The lowest BCUT2D eigenvalue weighted by molar-refractivity contribution is -0.522. The minimum absolute atomic E-state index is 0.00311. The Hall–Kier alpha value is -4.00. The van der Waals surface area contributed by atoms with Crippen molar-refractivity contribution in [2.75, 3.05) is 11.1 Å². The Bertz CT molecular complexity index is 1610. The monoisotopic (exact) mass is 588 g/mol. The molecule has 0 radical (unpaired) electrons. The summed E-state index contributed by atoms with van der Waals surface area (Å²) in [4.78, 5) is 21.9. The molecule has 0 fully saturated rings. The second-order valence-corrected chi connectivity index (χ2v) is 10.8. The molecule has 7 N–H and O–H groups in total. The first kappa shape index (κ1) is 29.0. The highest BCUT2D eigenvalue weighted by molar-refractivity contribution is 7.17. The molecule has 4 rings (SSSR count). The van der Waals surface area contributed by atoms with Crippen LogP contribution < -0.4 is 21.7 Å². The summed E-state index contributed by atoms with van der Waals surface area (Å²) >= 11 is 7.88. The van der Waals surface area contributed by atoms with Gasteiger partial charge in [-0.3, -0.25) is 10.6 Å². The van der Waals surface area contributed by atoms with E-state index in [0.717, 1.165) is 41.4 Å². The summed E-state index contributed by atoms with van der Waals surface area (Å²) < 4.78 is 40.6.